The van der Waals surface area contributed by atoms with E-state index in [-0.39, 0.29) is 0 Å². The van der Waals surface area contributed by atoms with Gasteiger partial charge in [-0.25, -0.2) is 4.98 Å². The SMILES string of the molecule is COCCCCn1c(CCCl)nc2cc(Cl)c(Cl)cc21. The molecule has 0 saturated carbocycles. The fourth-order valence-electron chi connectivity index (χ4n) is 2.21. The van der Waals surface area contributed by atoms with E-state index >= 15 is 0 Å². The summed E-state index contributed by atoms with van der Waals surface area (Å²) in [5, 5.41) is 1.08. The minimum Gasteiger partial charge on any atom is -0.385 e. The van der Waals surface area contributed by atoms with Crippen LogP contribution < -0.4 is 0 Å². The number of alkyl halides is 1. The molecule has 0 unspecified atom stereocenters. The molecule has 1 aromatic carbocycles. The summed E-state index contributed by atoms with van der Waals surface area (Å²) in [4.78, 5) is 4.61. The third-order valence-corrected chi connectivity index (χ3v) is 4.08. The number of imidazole rings is 1. The van der Waals surface area contributed by atoms with Gasteiger partial charge in [-0.3, -0.25) is 0 Å². The van der Waals surface area contributed by atoms with Crippen molar-refractivity contribution in [3.8, 4) is 0 Å². The zero-order chi connectivity index (χ0) is 14.5. The second kappa shape index (κ2) is 7.51. The summed E-state index contributed by atoms with van der Waals surface area (Å²) < 4.78 is 7.25. The minimum absolute atomic E-state index is 0.528. The van der Waals surface area contributed by atoms with Crippen LogP contribution in [0.3, 0.4) is 0 Å². The Bertz CT molecular complexity index is 583. The maximum Gasteiger partial charge on any atom is 0.111 e. The Balaban J connectivity index is 2.32. The van der Waals surface area contributed by atoms with Gasteiger partial charge < -0.3 is 9.30 Å². The number of nitrogens with zero attached hydrogens (tertiary/aromatic N) is 2. The van der Waals surface area contributed by atoms with E-state index in [4.69, 9.17) is 39.5 Å². The molecule has 1 heterocycles. The van der Waals surface area contributed by atoms with E-state index in [1.807, 2.05) is 12.1 Å². The lowest BCUT2D eigenvalue weighted by Crippen LogP contribution is -2.05. The first kappa shape index (κ1) is 15.9. The first-order valence-corrected chi connectivity index (χ1v) is 7.85. The van der Waals surface area contributed by atoms with Crippen LogP contribution >= 0.6 is 34.8 Å². The molecule has 0 aliphatic carbocycles. The molecule has 0 aliphatic heterocycles. The average molecular weight is 336 g/mol. The number of rotatable bonds is 7. The molecule has 6 heteroatoms. The molecule has 2 rings (SSSR count). The molecule has 2 aromatic rings. The van der Waals surface area contributed by atoms with Crippen molar-refractivity contribution in [3.63, 3.8) is 0 Å². The Morgan fingerprint density at radius 3 is 2.65 bits per heavy atom. The van der Waals surface area contributed by atoms with E-state index in [0.29, 0.717) is 15.9 Å². The van der Waals surface area contributed by atoms with Crippen LogP contribution in [0.4, 0.5) is 0 Å². The summed E-state index contributed by atoms with van der Waals surface area (Å²) in [5.41, 5.74) is 1.88. The number of fused-ring (bicyclic) bond motifs is 1. The number of methoxy groups -OCH3 is 1. The smallest absolute Gasteiger partial charge is 0.111 e. The highest BCUT2D eigenvalue weighted by molar-refractivity contribution is 6.42. The quantitative estimate of drug-likeness (QED) is 0.548. The van der Waals surface area contributed by atoms with Crippen molar-refractivity contribution < 1.29 is 4.74 Å². The van der Waals surface area contributed by atoms with Gasteiger partial charge in [-0.2, -0.15) is 0 Å². The summed E-state index contributed by atoms with van der Waals surface area (Å²) in [6, 6.07) is 3.68. The van der Waals surface area contributed by atoms with Gasteiger partial charge >= 0.3 is 0 Å². The summed E-state index contributed by atoms with van der Waals surface area (Å²) in [5.74, 6) is 1.52. The predicted octanol–water partition coefficient (Wildman–Crippen LogP) is 4.55. The van der Waals surface area contributed by atoms with Gasteiger partial charge in [0.05, 0.1) is 21.1 Å². The van der Waals surface area contributed by atoms with E-state index in [1.54, 1.807) is 7.11 Å². The average Bonchev–Trinajstić information content (AvgIpc) is 2.73. The van der Waals surface area contributed by atoms with Crippen molar-refractivity contribution in [1.82, 2.24) is 9.55 Å². The van der Waals surface area contributed by atoms with Crippen LogP contribution in [-0.2, 0) is 17.7 Å². The van der Waals surface area contributed by atoms with Crippen molar-refractivity contribution in [2.45, 2.75) is 25.8 Å². The van der Waals surface area contributed by atoms with Crippen LogP contribution in [0.1, 0.15) is 18.7 Å². The first-order valence-electron chi connectivity index (χ1n) is 6.56. The van der Waals surface area contributed by atoms with E-state index in [9.17, 15) is 0 Å². The lowest BCUT2D eigenvalue weighted by Gasteiger charge is -2.08. The molecule has 110 valence electrons. The van der Waals surface area contributed by atoms with Gasteiger partial charge in [-0.1, -0.05) is 23.2 Å². The van der Waals surface area contributed by atoms with Gasteiger partial charge in [0.1, 0.15) is 5.82 Å². The van der Waals surface area contributed by atoms with Crippen molar-refractivity contribution in [2.24, 2.45) is 0 Å². The number of benzene rings is 1. The number of halogens is 3. The van der Waals surface area contributed by atoms with Crippen LogP contribution in [0.15, 0.2) is 12.1 Å². The highest BCUT2D eigenvalue weighted by Crippen LogP contribution is 2.28. The fourth-order valence-corrected chi connectivity index (χ4v) is 2.70. The maximum atomic E-state index is 6.11. The predicted molar refractivity (Wildman–Crippen MR) is 85.3 cm³/mol. The zero-order valence-electron chi connectivity index (χ0n) is 11.3. The fraction of sp³-hybridized carbons (Fsp3) is 0.500. The highest BCUT2D eigenvalue weighted by atomic mass is 35.5. The molecule has 0 saturated heterocycles. The van der Waals surface area contributed by atoms with Crippen LogP contribution in [0, 0.1) is 0 Å². The van der Waals surface area contributed by atoms with Crippen LogP contribution in [-0.4, -0.2) is 29.1 Å². The Morgan fingerprint density at radius 1 is 1.20 bits per heavy atom. The number of hydrogen-bond acceptors (Lipinski definition) is 2. The van der Waals surface area contributed by atoms with Crippen LogP contribution in [0.2, 0.25) is 10.0 Å². The molecule has 0 aliphatic rings. The van der Waals surface area contributed by atoms with E-state index in [2.05, 4.69) is 9.55 Å². The first-order chi connectivity index (χ1) is 9.67. The highest BCUT2D eigenvalue weighted by Gasteiger charge is 2.12. The van der Waals surface area contributed by atoms with Crippen molar-refractivity contribution >= 4 is 45.8 Å². The molecule has 0 atom stereocenters. The molecule has 0 radical (unpaired) electrons. The number of hydrogen-bond donors (Lipinski definition) is 0. The van der Waals surface area contributed by atoms with Crippen molar-refractivity contribution in [3.05, 3.63) is 28.0 Å². The lowest BCUT2D eigenvalue weighted by atomic mass is 10.3. The topological polar surface area (TPSA) is 27.1 Å². The molecule has 0 amide bonds. The normalized spacial score (nSPS) is 11.4. The second-order valence-corrected chi connectivity index (χ2v) is 5.77. The third kappa shape index (κ3) is 3.59. The van der Waals surface area contributed by atoms with Crippen LogP contribution in [0.25, 0.3) is 11.0 Å². The lowest BCUT2D eigenvalue weighted by molar-refractivity contribution is 0.191. The zero-order valence-corrected chi connectivity index (χ0v) is 13.6. The number of aryl methyl sites for hydroxylation is 2. The summed E-state index contributed by atoms with van der Waals surface area (Å²) in [6.07, 6.45) is 2.77. The molecule has 0 N–H and O–H groups in total. The van der Waals surface area contributed by atoms with Gasteiger partial charge in [-0.05, 0) is 25.0 Å². The number of aromatic nitrogens is 2. The van der Waals surface area contributed by atoms with Gasteiger partial charge in [0.25, 0.3) is 0 Å². The largest absolute Gasteiger partial charge is 0.385 e. The Labute approximate surface area is 133 Å². The molecule has 0 spiro atoms. The van der Waals surface area contributed by atoms with E-state index in [0.717, 1.165) is 49.3 Å². The molecule has 1 aromatic heterocycles. The van der Waals surface area contributed by atoms with Gasteiger partial charge in [0, 0.05) is 32.6 Å². The number of ether oxygens (including phenoxy) is 1. The third-order valence-electron chi connectivity index (χ3n) is 3.17. The van der Waals surface area contributed by atoms with Gasteiger partial charge in [0.15, 0.2) is 0 Å². The van der Waals surface area contributed by atoms with Gasteiger partial charge in [-0.15, -0.1) is 11.6 Å². The molecular weight excluding hydrogens is 319 g/mol. The Hall–Kier alpha value is -0.480. The molecule has 0 bridgehead atoms. The monoisotopic (exact) mass is 334 g/mol. The minimum atomic E-state index is 0.528. The Kier molecular flexibility index (Phi) is 5.97. The summed E-state index contributed by atoms with van der Waals surface area (Å²) >= 11 is 18.0. The van der Waals surface area contributed by atoms with Crippen LogP contribution in [0.5, 0.6) is 0 Å². The van der Waals surface area contributed by atoms with E-state index < -0.39 is 0 Å². The molecule has 20 heavy (non-hydrogen) atoms. The summed E-state index contributed by atoms with van der Waals surface area (Å²) in [6.45, 7) is 1.65. The molecular formula is C14H17Cl3N2O. The second-order valence-electron chi connectivity index (χ2n) is 4.57. The molecule has 0 fully saturated rings. The van der Waals surface area contributed by atoms with Crippen molar-refractivity contribution in [1.29, 1.82) is 0 Å². The molecule has 3 nitrogen and oxygen atoms in total. The van der Waals surface area contributed by atoms with E-state index in [1.165, 1.54) is 0 Å². The van der Waals surface area contributed by atoms with Crippen molar-refractivity contribution in [2.75, 3.05) is 19.6 Å². The van der Waals surface area contributed by atoms with Gasteiger partial charge in [0.2, 0.25) is 0 Å². The maximum absolute atomic E-state index is 6.11. The standard InChI is InChI=1S/C14H17Cl3N2O/c1-20-7-3-2-6-19-13-9-11(17)10(16)8-12(13)18-14(19)4-5-15/h8-9H,2-7H2,1H3. The summed E-state index contributed by atoms with van der Waals surface area (Å²) in [7, 11) is 1.72. The Morgan fingerprint density at radius 2 is 1.95 bits per heavy atom. The number of unbranched alkanes of at least 4 members (excludes halogenated alkanes) is 1.